The Morgan fingerprint density at radius 2 is 1.74 bits per heavy atom. The smallest absolute Gasteiger partial charge is 0.277 e. The number of hydrazone groups is 1. The largest absolute Gasteiger partial charge is 0.507 e. The van der Waals surface area contributed by atoms with Crippen LogP contribution in [0.1, 0.15) is 5.56 Å². The molecule has 136 valence electrons. The molecule has 0 aromatic heterocycles. The zero-order valence-corrected chi connectivity index (χ0v) is 16.5. The minimum atomic E-state index is -0.355. The first-order valence-electron chi connectivity index (χ1n) is 8.20. The number of halogens is 1. The van der Waals surface area contributed by atoms with Crippen LogP contribution in [0.2, 0.25) is 0 Å². The Kier molecular flexibility index (Phi) is 6.43. The van der Waals surface area contributed by atoms with Crippen molar-refractivity contribution in [1.82, 2.24) is 5.43 Å². The zero-order valence-electron chi connectivity index (χ0n) is 14.3. The van der Waals surface area contributed by atoms with Gasteiger partial charge in [0.1, 0.15) is 11.5 Å². The van der Waals surface area contributed by atoms with Crippen LogP contribution in [0.15, 0.2) is 77.9 Å². The van der Waals surface area contributed by atoms with Crippen molar-refractivity contribution in [2.45, 2.75) is 0 Å². The van der Waals surface area contributed by atoms with Crippen molar-refractivity contribution < 1.29 is 14.6 Å². The number of nitrogens with zero attached hydrogens (tertiary/aromatic N) is 1. The van der Waals surface area contributed by atoms with Crippen molar-refractivity contribution in [1.29, 1.82) is 0 Å². The second kappa shape index (κ2) is 9.18. The van der Waals surface area contributed by atoms with Crippen molar-refractivity contribution in [2.75, 3.05) is 6.61 Å². The molecule has 0 unspecified atom stereocenters. The summed E-state index contributed by atoms with van der Waals surface area (Å²) in [5.41, 5.74) is 5.40. The van der Waals surface area contributed by atoms with Crippen LogP contribution >= 0.6 is 22.6 Å². The van der Waals surface area contributed by atoms with Gasteiger partial charge in [-0.3, -0.25) is 4.79 Å². The Hall–Kier alpha value is -2.87. The third-order valence-corrected chi connectivity index (χ3v) is 4.57. The minimum Gasteiger partial charge on any atom is -0.507 e. The summed E-state index contributed by atoms with van der Waals surface area (Å²) < 4.78 is 6.19. The first kappa shape index (κ1) is 18.9. The van der Waals surface area contributed by atoms with Gasteiger partial charge >= 0.3 is 0 Å². The number of carbonyl (C=O) groups is 1. The molecule has 6 heteroatoms. The molecule has 27 heavy (non-hydrogen) atoms. The number of phenolic OH excluding ortho intramolecular Hbond substituents is 1. The van der Waals surface area contributed by atoms with Crippen LogP contribution in [-0.2, 0) is 4.79 Å². The standard InChI is InChI=1S/C21H17IN2O3/c22-19-12-15(6-11-20(19)25)13-23-24-21(26)14-27-18-9-7-17(8-10-18)16-4-2-1-3-5-16/h1-13,25H,14H2,(H,24,26). The number of benzene rings is 3. The fourth-order valence-electron chi connectivity index (χ4n) is 2.34. The summed E-state index contributed by atoms with van der Waals surface area (Å²) in [7, 11) is 0. The molecule has 0 aliphatic rings. The van der Waals surface area contributed by atoms with Gasteiger partial charge in [0.2, 0.25) is 0 Å². The van der Waals surface area contributed by atoms with Crippen LogP contribution in [0.25, 0.3) is 11.1 Å². The minimum absolute atomic E-state index is 0.130. The van der Waals surface area contributed by atoms with Gasteiger partial charge in [0.15, 0.2) is 6.61 Å². The molecule has 0 heterocycles. The second-order valence-corrected chi connectivity index (χ2v) is 6.85. The lowest BCUT2D eigenvalue weighted by Gasteiger charge is -2.06. The summed E-state index contributed by atoms with van der Waals surface area (Å²) in [5.74, 6) is 0.470. The first-order valence-corrected chi connectivity index (χ1v) is 9.28. The van der Waals surface area contributed by atoms with E-state index < -0.39 is 0 Å². The molecule has 2 N–H and O–H groups in total. The number of phenols is 1. The SMILES string of the molecule is O=C(COc1ccc(-c2ccccc2)cc1)NN=Cc1ccc(O)c(I)c1. The molecular weight excluding hydrogens is 455 g/mol. The van der Waals surface area contributed by atoms with Gasteiger partial charge in [-0.2, -0.15) is 5.10 Å². The van der Waals surface area contributed by atoms with E-state index in [1.54, 1.807) is 18.2 Å². The average molecular weight is 472 g/mol. The normalized spacial score (nSPS) is 10.7. The molecule has 0 aliphatic heterocycles. The molecule has 0 atom stereocenters. The van der Waals surface area contributed by atoms with E-state index in [1.807, 2.05) is 77.2 Å². The first-order chi connectivity index (χ1) is 13.1. The van der Waals surface area contributed by atoms with Gasteiger partial charge in [-0.05, 0) is 69.6 Å². The summed E-state index contributed by atoms with van der Waals surface area (Å²) in [6, 6.07) is 22.6. The predicted octanol–water partition coefficient (Wildman–Crippen LogP) is 4.19. The number of nitrogens with one attached hydrogen (secondary N) is 1. The molecule has 0 saturated carbocycles. The van der Waals surface area contributed by atoms with Gasteiger partial charge in [-0.25, -0.2) is 5.43 Å². The van der Waals surface area contributed by atoms with Gasteiger partial charge in [0, 0.05) is 0 Å². The van der Waals surface area contributed by atoms with Gasteiger partial charge in [0.25, 0.3) is 5.91 Å². The number of rotatable bonds is 6. The predicted molar refractivity (Wildman–Crippen MR) is 114 cm³/mol. The van der Waals surface area contributed by atoms with Crippen molar-refractivity contribution in [2.24, 2.45) is 5.10 Å². The molecule has 3 rings (SSSR count). The van der Waals surface area contributed by atoms with E-state index in [9.17, 15) is 9.90 Å². The number of ether oxygens (including phenoxy) is 1. The highest BCUT2D eigenvalue weighted by molar-refractivity contribution is 14.1. The second-order valence-electron chi connectivity index (χ2n) is 5.68. The molecule has 1 amide bonds. The van der Waals surface area contributed by atoms with Crippen LogP contribution < -0.4 is 10.2 Å². The zero-order chi connectivity index (χ0) is 19.1. The van der Waals surface area contributed by atoms with Gasteiger partial charge in [0.05, 0.1) is 9.78 Å². The number of amides is 1. The van der Waals surface area contributed by atoms with E-state index in [0.29, 0.717) is 9.32 Å². The van der Waals surface area contributed by atoms with Crippen molar-refractivity contribution >= 4 is 34.7 Å². The van der Waals surface area contributed by atoms with Crippen LogP contribution in [0, 0.1) is 3.57 Å². The maximum Gasteiger partial charge on any atom is 0.277 e. The fraction of sp³-hybridized carbons (Fsp3) is 0.0476. The fourth-order valence-corrected chi connectivity index (χ4v) is 2.88. The summed E-state index contributed by atoms with van der Waals surface area (Å²) in [5, 5.41) is 13.4. The Labute approximate surface area is 170 Å². The van der Waals surface area contributed by atoms with Crippen molar-refractivity contribution in [3.63, 3.8) is 0 Å². The van der Waals surface area contributed by atoms with Crippen LogP contribution in [-0.4, -0.2) is 23.8 Å². The molecule has 0 bridgehead atoms. The number of carbonyl (C=O) groups excluding carboxylic acids is 1. The molecule has 0 spiro atoms. The molecule has 0 saturated heterocycles. The molecular formula is C21H17IN2O3. The highest BCUT2D eigenvalue weighted by Gasteiger charge is 2.03. The molecule has 0 radical (unpaired) electrons. The molecule has 0 fully saturated rings. The van der Waals surface area contributed by atoms with Crippen LogP contribution in [0.4, 0.5) is 0 Å². The van der Waals surface area contributed by atoms with Crippen LogP contribution in [0.5, 0.6) is 11.5 Å². The van der Waals surface area contributed by atoms with E-state index in [-0.39, 0.29) is 18.3 Å². The molecule has 3 aromatic rings. The van der Waals surface area contributed by atoms with Gasteiger partial charge in [-0.1, -0.05) is 42.5 Å². The number of aromatic hydroxyl groups is 1. The number of hydrogen-bond donors (Lipinski definition) is 2. The topological polar surface area (TPSA) is 70.9 Å². The molecule has 0 aliphatic carbocycles. The van der Waals surface area contributed by atoms with E-state index in [4.69, 9.17) is 4.74 Å². The highest BCUT2D eigenvalue weighted by Crippen LogP contribution is 2.22. The van der Waals surface area contributed by atoms with E-state index in [0.717, 1.165) is 16.7 Å². The third-order valence-electron chi connectivity index (χ3n) is 3.71. The molecule has 5 nitrogen and oxygen atoms in total. The van der Waals surface area contributed by atoms with Gasteiger partial charge < -0.3 is 9.84 Å². The molecule has 3 aromatic carbocycles. The third kappa shape index (κ3) is 5.55. The summed E-state index contributed by atoms with van der Waals surface area (Å²) in [4.78, 5) is 11.8. The van der Waals surface area contributed by atoms with Gasteiger partial charge in [-0.15, -0.1) is 0 Å². The van der Waals surface area contributed by atoms with Crippen molar-refractivity contribution in [3.05, 3.63) is 81.9 Å². The lowest BCUT2D eigenvalue weighted by atomic mass is 10.1. The summed E-state index contributed by atoms with van der Waals surface area (Å²) >= 11 is 2.02. The van der Waals surface area contributed by atoms with Crippen LogP contribution in [0.3, 0.4) is 0 Å². The Bertz CT molecular complexity index is 941. The lowest BCUT2D eigenvalue weighted by molar-refractivity contribution is -0.123. The van der Waals surface area contributed by atoms with Crippen molar-refractivity contribution in [3.8, 4) is 22.6 Å². The Balaban J connectivity index is 1.49. The quantitative estimate of drug-likeness (QED) is 0.321. The van der Waals surface area contributed by atoms with E-state index in [1.165, 1.54) is 6.21 Å². The Morgan fingerprint density at radius 1 is 1.04 bits per heavy atom. The van der Waals surface area contributed by atoms with E-state index in [2.05, 4.69) is 10.5 Å². The van der Waals surface area contributed by atoms with E-state index >= 15 is 0 Å². The lowest BCUT2D eigenvalue weighted by Crippen LogP contribution is -2.24. The number of hydrogen-bond acceptors (Lipinski definition) is 4. The monoisotopic (exact) mass is 472 g/mol. The summed E-state index contributed by atoms with van der Waals surface area (Å²) in [6.45, 7) is -0.130. The average Bonchev–Trinajstić information content (AvgIpc) is 2.70. The summed E-state index contributed by atoms with van der Waals surface area (Å²) in [6.07, 6.45) is 1.51. The maximum atomic E-state index is 11.8. The maximum absolute atomic E-state index is 11.8. The highest BCUT2D eigenvalue weighted by atomic mass is 127. The Morgan fingerprint density at radius 3 is 2.44 bits per heavy atom.